The minimum absolute atomic E-state index is 0.0286. The number of carboxylic acids is 1. The van der Waals surface area contributed by atoms with Gasteiger partial charge in [-0.25, -0.2) is 0 Å². The number of anilines is 2. The molecule has 0 atom stereocenters. The number of carbonyl (C=O) groups excluding carboxylic acids is 1. The lowest BCUT2D eigenvalue weighted by Gasteiger charge is -2.30. The lowest BCUT2D eigenvalue weighted by atomic mass is 9.88. The zero-order valence-electron chi connectivity index (χ0n) is 21.8. The molecule has 0 radical (unpaired) electrons. The van der Waals surface area contributed by atoms with Crippen molar-refractivity contribution < 1.29 is 14.7 Å². The van der Waals surface area contributed by atoms with Gasteiger partial charge in [0.1, 0.15) is 0 Å². The maximum atomic E-state index is 13.7. The fourth-order valence-electron chi connectivity index (χ4n) is 4.90. The second-order valence-corrected chi connectivity index (χ2v) is 9.99. The molecule has 1 saturated carbocycles. The van der Waals surface area contributed by atoms with Crippen molar-refractivity contribution in [3.05, 3.63) is 90.0 Å². The van der Waals surface area contributed by atoms with Crippen LogP contribution < -0.4 is 9.80 Å². The van der Waals surface area contributed by atoms with Gasteiger partial charge in [0.25, 0.3) is 0 Å². The van der Waals surface area contributed by atoms with Crippen molar-refractivity contribution in [3.63, 3.8) is 0 Å². The van der Waals surface area contributed by atoms with Gasteiger partial charge in [0.05, 0.1) is 13.0 Å². The zero-order chi connectivity index (χ0) is 26.2. The average molecular weight is 497 g/mol. The molecule has 5 heteroatoms. The van der Waals surface area contributed by atoms with E-state index in [2.05, 4.69) is 53.4 Å². The second-order valence-electron chi connectivity index (χ2n) is 9.99. The van der Waals surface area contributed by atoms with E-state index in [9.17, 15) is 9.59 Å². The molecule has 0 unspecified atom stereocenters. The summed E-state index contributed by atoms with van der Waals surface area (Å²) in [5, 5.41) is 8.94. The number of aliphatic carboxylic acids is 1. The highest BCUT2D eigenvalue weighted by atomic mass is 16.4. The van der Waals surface area contributed by atoms with E-state index < -0.39 is 5.97 Å². The van der Waals surface area contributed by atoms with Crippen LogP contribution in [0.1, 0.15) is 49.7 Å². The molecule has 1 amide bonds. The molecule has 37 heavy (non-hydrogen) atoms. The Morgan fingerprint density at radius 2 is 1.51 bits per heavy atom. The molecule has 0 heterocycles. The highest BCUT2D eigenvalue weighted by Gasteiger charge is 2.27. The first-order valence-corrected chi connectivity index (χ1v) is 13.1. The molecule has 0 bridgehead atoms. The fraction of sp³-hybridized carbons (Fsp3) is 0.312. The topological polar surface area (TPSA) is 60.9 Å². The largest absolute Gasteiger partial charge is 0.481 e. The molecule has 0 aliphatic heterocycles. The van der Waals surface area contributed by atoms with Crippen LogP contribution in [0, 0.1) is 5.92 Å². The predicted octanol–water partition coefficient (Wildman–Crippen LogP) is 7.02. The molecule has 0 saturated heterocycles. The number of amides is 1. The first kappa shape index (κ1) is 26.2. The van der Waals surface area contributed by atoms with Gasteiger partial charge in [-0.2, -0.15) is 0 Å². The third kappa shape index (κ3) is 7.10. The van der Waals surface area contributed by atoms with Crippen molar-refractivity contribution in [1.29, 1.82) is 0 Å². The highest BCUT2D eigenvalue weighted by Crippen LogP contribution is 2.30. The monoisotopic (exact) mass is 496 g/mol. The Morgan fingerprint density at radius 1 is 0.865 bits per heavy atom. The van der Waals surface area contributed by atoms with Crippen molar-refractivity contribution in [2.24, 2.45) is 5.92 Å². The molecule has 3 aromatic rings. The number of hydrogen-bond acceptors (Lipinski definition) is 3. The summed E-state index contributed by atoms with van der Waals surface area (Å²) in [5.41, 5.74) is 6.27. The number of nitrogens with zero attached hydrogens (tertiary/aromatic N) is 2. The zero-order valence-corrected chi connectivity index (χ0v) is 21.8. The van der Waals surface area contributed by atoms with Crippen LogP contribution in [0.2, 0.25) is 0 Å². The van der Waals surface area contributed by atoms with Gasteiger partial charge >= 0.3 is 5.97 Å². The molecular weight excluding hydrogens is 460 g/mol. The molecule has 1 fully saturated rings. The summed E-state index contributed by atoms with van der Waals surface area (Å²) in [5.74, 6) is -0.636. The standard InChI is InChI=1S/C32H36N2O3/c1-33(2)29-20-18-27(19-21-29)26-16-14-25(15-17-26)23-34(32(37)28-10-4-3-5-11-28)30-12-6-8-24(22-30)9-7-13-31(35)36/h6-9,12,14-22,28H,3-5,10-11,13,23H2,1-2H3,(H,35,36)/b9-7+. The van der Waals surface area contributed by atoms with Crippen LogP contribution >= 0.6 is 0 Å². The van der Waals surface area contributed by atoms with E-state index in [1.807, 2.05) is 43.3 Å². The van der Waals surface area contributed by atoms with Crippen molar-refractivity contribution in [1.82, 2.24) is 0 Å². The van der Waals surface area contributed by atoms with Gasteiger partial charge in [0.15, 0.2) is 0 Å². The fourth-order valence-corrected chi connectivity index (χ4v) is 4.90. The van der Waals surface area contributed by atoms with Crippen molar-refractivity contribution in [2.45, 2.75) is 45.1 Å². The molecule has 5 nitrogen and oxygen atoms in total. The SMILES string of the molecule is CN(C)c1ccc(-c2ccc(CN(C(=O)C3CCCCC3)c3cccc(/C=C/CC(=O)O)c3)cc2)cc1. The lowest BCUT2D eigenvalue weighted by molar-refractivity contribution is -0.136. The number of hydrogen-bond donors (Lipinski definition) is 1. The van der Waals surface area contributed by atoms with Crippen molar-refractivity contribution in [2.75, 3.05) is 23.9 Å². The molecule has 1 aliphatic rings. The molecule has 1 aliphatic carbocycles. The summed E-state index contributed by atoms with van der Waals surface area (Å²) in [6.07, 6.45) is 8.69. The van der Waals surface area contributed by atoms with E-state index in [-0.39, 0.29) is 18.2 Å². The van der Waals surface area contributed by atoms with Gasteiger partial charge in [0.2, 0.25) is 5.91 Å². The van der Waals surface area contributed by atoms with Crippen LogP contribution in [0.3, 0.4) is 0 Å². The molecule has 0 aromatic heterocycles. The summed E-state index contributed by atoms with van der Waals surface area (Å²) in [7, 11) is 4.07. The molecule has 4 rings (SSSR count). The Balaban J connectivity index is 1.57. The Kier molecular flexibility index (Phi) is 8.78. The van der Waals surface area contributed by atoms with Crippen LogP contribution in [0.5, 0.6) is 0 Å². The minimum atomic E-state index is -0.862. The van der Waals surface area contributed by atoms with E-state index in [1.54, 1.807) is 12.2 Å². The Labute approximate surface area is 220 Å². The predicted molar refractivity (Wildman–Crippen MR) is 152 cm³/mol. The van der Waals surface area contributed by atoms with Crippen LogP contribution in [-0.4, -0.2) is 31.1 Å². The number of carbonyl (C=O) groups is 2. The third-order valence-electron chi connectivity index (χ3n) is 7.02. The minimum Gasteiger partial charge on any atom is -0.481 e. The van der Waals surface area contributed by atoms with E-state index in [0.717, 1.165) is 59.3 Å². The van der Waals surface area contributed by atoms with Gasteiger partial charge in [0, 0.05) is 31.4 Å². The molecule has 0 spiro atoms. The summed E-state index contributed by atoms with van der Waals surface area (Å²) < 4.78 is 0. The van der Waals surface area contributed by atoms with E-state index >= 15 is 0 Å². The summed E-state index contributed by atoms with van der Waals surface area (Å²) in [6.45, 7) is 0.497. The van der Waals surface area contributed by atoms with E-state index in [4.69, 9.17) is 5.11 Å². The van der Waals surface area contributed by atoms with Gasteiger partial charge < -0.3 is 14.9 Å². The normalized spacial score (nSPS) is 14.0. The Hall–Kier alpha value is -3.86. The first-order chi connectivity index (χ1) is 17.9. The smallest absolute Gasteiger partial charge is 0.307 e. The maximum absolute atomic E-state index is 13.7. The molecule has 3 aromatic carbocycles. The van der Waals surface area contributed by atoms with Crippen LogP contribution in [0.25, 0.3) is 17.2 Å². The second kappa shape index (κ2) is 12.4. The quantitative estimate of drug-likeness (QED) is 0.346. The van der Waals surface area contributed by atoms with E-state index in [1.165, 1.54) is 6.42 Å². The summed E-state index contributed by atoms with van der Waals surface area (Å²) >= 11 is 0. The van der Waals surface area contributed by atoms with E-state index in [0.29, 0.717) is 6.54 Å². The molecular formula is C32H36N2O3. The summed E-state index contributed by atoms with van der Waals surface area (Å²) in [4.78, 5) is 28.6. The number of benzene rings is 3. The van der Waals surface area contributed by atoms with Gasteiger partial charge in [-0.15, -0.1) is 0 Å². The summed E-state index contributed by atoms with van der Waals surface area (Å²) in [6, 6.07) is 24.7. The number of carboxylic acid groups (broad SMARTS) is 1. The van der Waals surface area contributed by atoms with Gasteiger partial charge in [-0.3, -0.25) is 9.59 Å². The Morgan fingerprint density at radius 3 is 2.14 bits per heavy atom. The highest BCUT2D eigenvalue weighted by molar-refractivity contribution is 5.95. The van der Waals surface area contributed by atoms with Gasteiger partial charge in [-0.05, 0) is 59.4 Å². The van der Waals surface area contributed by atoms with Crippen LogP contribution in [-0.2, 0) is 16.1 Å². The number of rotatable bonds is 9. The van der Waals surface area contributed by atoms with Gasteiger partial charge in [-0.1, -0.05) is 79.9 Å². The van der Waals surface area contributed by atoms with Crippen molar-refractivity contribution >= 4 is 29.3 Å². The van der Waals surface area contributed by atoms with Crippen LogP contribution in [0.15, 0.2) is 78.9 Å². The maximum Gasteiger partial charge on any atom is 0.307 e. The molecule has 1 N–H and O–H groups in total. The average Bonchev–Trinajstić information content (AvgIpc) is 2.92. The Bertz CT molecular complexity index is 1220. The lowest BCUT2D eigenvalue weighted by Crippen LogP contribution is -2.36. The van der Waals surface area contributed by atoms with Crippen LogP contribution in [0.4, 0.5) is 11.4 Å². The van der Waals surface area contributed by atoms with Crippen molar-refractivity contribution in [3.8, 4) is 11.1 Å². The first-order valence-electron chi connectivity index (χ1n) is 13.1. The molecule has 192 valence electrons. The third-order valence-corrected chi connectivity index (χ3v) is 7.02.